The Labute approximate surface area is 183 Å². The van der Waals surface area contributed by atoms with Gasteiger partial charge in [-0.1, -0.05) is 24.3 Å². The monoisotopic (exact) mass is 428 g/mol. The molecule has 0 unspecified atom stereocenters. The molecule has 1 aliphatic rings. The minimum atomic E-state index is -0.154. The number of thiophene rings is 1. The van der Waals surface area contributed by atoms with Gasteiger partial charge in [-0.3, -0.25) is 19.4 Å². The van der Waals surface area contributed by atoms with Crippen molar-refractivity contribution in [3.05, 3.63) is 51.7 Å². The van der Waals surface area contributed by atoms with Crippen LogP contribution in [0.25, 0.3) is 0 Å². The van der Waals surface area contributed by atoms with E-state index in [0.29, 0.717) is 13.1 Å². The molecule has 2 aromatic rings. The molecule has 30 heavy (non-hydrogen) atoms. The molecule has 162 valence electrons. The van der Waals surface area contributed by atoms with Gasteiger partial charge in [0.1, 0.15) is 0 Å². The van der Waals surface area contributed by atoms with Gasteiger partial charge in [-0.2, -0.15) is 0 Å². The number of para-hydroxylation sites is 1. The smallest absolute Gasteiger partial charge is 0.238 e. The maximum atomic E-state index is 12.5. The van der Waals surface area contributed by atoms with Crippen LogP contribution in [0.2, 0.25) is 0 Å². The lowest BCUT2D eigenvalue weighted by molar-refractivity contribution is -0.127. The Morgan fingerprint density at radius 2 is 1.77 bits per heavy atom. The summed E-state index contributed by atoms with van der Waals surface area (Å²) in [5, 5.41) is 8.16. The Kier molecular flexibility index (Phi) is 8.01. The number of hydrogen-bond acceptors (Lipinski definition) is 5. The Hall–Kier alpha value is -2.22. The summed E-state index contributed by atoms with van der Waals surface area (Å²) in [5.74, 6) is 0.0907. The third kappa shape index (κ3) is 6.14. The Morgan fingerprint density at radius 1 is 1.07 bits per heavy atom. The molecule has 2 amide bonds. The van der Waals surface area contributed by atoms with Crippen molar-refractivity contribution in [2.45, 2.75) is 33.2 Å². The molecule has 1 saturated heterocycles. The van der Waals surface area contributed by atoms with Crippen molar-refractivity contribution < 1.29 is 9.59 Å². The summed E-state index contributed by atoms with van der Waals surface area (Å²) >= 11 is 1.72. The van der Waals surface area contributed by atoms with Gasteiger partial charge in [-0.25, -0.2) is 0 Å². The number of aryl methyl sites for hydroxylation is 2. The summed E-state index contributed by atoms with van der Waals surface area (Å²) in [4.78, 5) is 30.6. The van der Waals surface area contributed by atoms with Crippen molar-refractivity contribution in [1.82, 2.24) is 15.1 Å². The fraction of sp³-hybridized carbons (Fsp3) is 0.478. The van der Waals surface area contributed by atoms with Gasteiger partial charge in [0.25, 0.3) is 0 Å². The lowest BCUT2D eigenvalue weighted by Gasteiger charge is -2.37. The zero-order valence-electron chi connectivity index (χ0n) is 18.1. The van der Waals surface area contributed by atoms with E-state index in [0.717, 1.165) is 49.4 Å². The fourth-order valence-electron chi connectivity index (χ4n) is 3.78. The normalized spacial score (nSPS) is 16.2. The van der Waals surface area contributed by atoms with E-state index < -0.39 is 0 Å². The minimum Gasteiger partial charge on any atom is -0.354 e. The van der Waals surface area contributed by atoms with Gasteiger partial charge in [0.15, 0.2) is 0 Å². The lowest BCUT2D eigenvalue weighted by atomic mass is 10.1. The molecule has 0 aliphatic carbocycles. The number of nitrogens with zero attached hydrogens (tertiary/aromatic N) is 2. The predicted octanol–water partition coefficient (Wildman–Crippen LogP) is 2.67. The Morgan fingerprint density at radius 3 is 2.40 bits per heavy atom. The van der Waals surface area contributed by atoms with Crippen molar-refractivity contribution in [1.29, 1.82) is 0 Å². The molecule has 1 atom stereocenters. The van der Waals surface area contributed by atoms with E-state index in [9.17, 15) is 9.59 Å². The molecule has 0 saturated carbocycles. The van der Waals surface area contributed by atoms with Gasteiger partial charge in [-0.15, -0.1) is 11.3 Å². The van der Waals surface area contributed by atoms with Crippen LogP contribution in [0.5, 0.6) is 0 Å². The molecular formula is C23H32N4O2S. The highest BCUT2D eigenvalue weighted by Crippen LogP contribution is 2.19. The minimum absolute atomic E-state index is 0.0141. The van der Waals surface area contributed by atoms with Crippen LogP contribution in [0.1, 0.15) is 22.9 Å². The number of piperazine rings is 1. The summed E-state index contributed by atoms with van der Waals surface area (Å²) in [7, 11) is 0. The summed E-state index contributed by atoms with van der Waals surface area (Å²) < 4.78 is 0. The van der Waals surface area contributed by atoms with E-state index in [1.807, 2.05) is 45.0 Å². The molecule has 2 heterocycles. The Bertz CT molecular complexity index is 825. The number of benzene rings is 1. The molecule has 3 rings (SSSR count). The molecule has 6 nitrogen and oxygen atoms in total. The van der Waals surface area contributed by atoms with E-state index in [1.54, 1.807) is 11.3 Å². The predicted molar refractivity (Wildman–Crippen MR) is 123 cm³/mol. The third-order valence-electron chi connectivity index (χ3n) is 5.70. The number of anilines is 1. The highest BCUT2D eigenvalue weighted by Gasteiger charge is 2.26. The van der Waals surface area contributed by atoms with Crippen LogP contribution in [-0.4, -0.2) is 66.9 Å². The quantitative estimate of drug-likeness (QED) is 0.679. The maximum Gasteiger partial charge on any atom is 0.238 e. The van der Waals surface area contributed by atoms with Crippen molar-refractivity contribution in [3.63, 3.8) is 0 Å². The van der Waals surface area contributed by atoms with E-state index >= 15 is 0 Å². The highest BCUT2D eigenvalue weighted by atomic mass is 32.1. The molecule has 1 fully saturated rings. The summed E-state index contributed by atoms with van der Waals surface area (Å²) in [6.07, 6.45) is 0.874. The maximum absolute atomic E-state index is 12.5. The van der Waals surface area contributed by atoms with E-state index in [2.05, 4.69) is 31.9 Å². The van der Waals surface area contributed by atoms with Crippen LogP contribution in [0.15, 0.2) is 35.7 Å². The van der Waals surface area contributed by atoms with Gasteiger partial charge >= 0.3 is 0 Å². The van der Waals surface area contributed by atoms with Gasteiger partial charge in [0.2, 0.25) is 11.8 Å². The molecular weight excluding hydrogens is 396 g/mol. The number of nitrogens with one attached hydrogen (secondary N) is 2. The summed E-state index contributed by atoms with van der Waals surface area (Å²) in [5.41, 5.74) is 3.06. The molecule has 0 radical (unpaired) electrons. The number of rotatable bonds is 8. The van der Waals surface area contributed by atoms with Crippen molar-refractivity contribution in [2.75, 3.05) is 44.6 Å². The van der Waals surface area contributed by atoms with Crippen molar-refractivity contribution >= 4 is 28.8 Å². The summed E-state index contributed by atoms with van der Waals surface area (Å²) in [6.45, 7) is 10.2. The molecule has 1 aromatic heterocycles. The largest absolute Gasteiger partial charge is 0.354 e. The Balaban J connectivity index is 1.39. The number of carbonyl (C=O) groups excluding carboxylic acids is 2. The van der Waals surface area contributed by atoms with Crippen LogP contribution >= 0.6 is 11.3 Å². The van der Waals surface area contributed by atoms with Gasteiger partial charge < -0.3 is 10.6 Å². The van der Waals surface area contributed by atoms with Gasteiger partial charge in [0.05, 0.1) is 12.6 Å². The lowest BCUT2D eigenvalue weighted by Crippen LogP contribution is -2.54. The van der Waals surface area contributed by atoms with Gasteiger partial charge in [0, 0.05) is 43.3 Å². The van der Waals surface area contributed by atoms with Gasteiger partial charge in [-0.05, 0) is 49.8 Å². The zero-order chi connectivity index (χ0) is 21.5. The van der Waals surface area contributed by atoms with Crippen molar-refractivity contribution in [2.24, 2.45) is 0 Å². The van der Waals surface area contributed by atoms with Crippen LogP contribution in [0.4, 0.5) is 5.69 Å². The molecule has 1 aromatic carbocycles. The van der Waals surface area contributed by atoms with E-state index in [-0.39, 0.29) is 17.9 Å². The van der Waals surface area contributed by atoms with E-state index in [4.69, 9.17) is 0 Å². The molecule has 0 spiro atoms. The first-order chi connectivity index (χ1) is 14.4. The molecule has 7 heteroatoms. The first-order valence-electron chi connectivity index (χ1n) is 10.6. The number of hydrogen-bond donors (Lipinski definition) is 2. The van der Waals surface area contributed by atoms with Crippen molar-refractivity contribution in [3.8, 4) is 0 Å². The third-order valence-corrected chi connectivity index (χ3v) is 6.63. The standard InChI is InChI=1S/C23H32N4O2S/c1-17-6-4-7-18(2)22(17)25-21(28)16-26-11-13-27(14-12-26)19(3)23(29)24-10-9-20-8-5-15-30-20/h4-8,15,19H,9-14,16H2,1-3H3,(H,24,29)(H,25,28)/t19-/m0/s1. The topological polar surface area (TPSA) is 64.7 Å². The first kappa shape index (κ1) is 22.5. The first-order valence-corrected chi connectivity index (χ1v) is 11.4. The molecule has 0 bridgehead atoms. The number of amides is 2. The van der Waals surface area contributed by atoms with Crippen LogP contribution in [-0.2, 0) is 16.0 Å². The van der Waals surface area contributed by atoms with Crippen LogP contribution in [0, 0.1) is 13.8 Å². The number of carbonyl (C=O) groups is 2. The zero-order valence-corrected chi connectivity index (χ0v) is 18.9. The summed E-state index contributed by atoms with van der Waals surface area (Å²) in [6, 6.07) is 9.99. The SMILES string of the molecule is Cc1cccc(C)c1NC(=O)CN1CCN([C@@H](C)C(=O)NCCc2cccs2)CC1. The fourth-order valence-corrected chi connectivity index (χ4v) is 4.49. The van der Waals surface area contributed by atoms with Crippen LogP contribution < -0.4 is 10.6 Å². The van der Waals surface area contributed by atoms with E-state index in [1.165, 1.54) is 4.88 Å². The molecule has 2 N–H and O–H groups in total. The highest BCUT2D eigenvalue weighted by molar-refractivity contribution is 7.09. The average Bonchev–Trinajstić information content (AvgIpc) is 3.24. The second-order valence-electron chi connectivity index (χ2n) is 7.92. The second kappa shape index (κ2) is 10.7. The average molecular weight is 429 g/mol. The van der Waals surface area contributed by atoms with Crippen LogP contribution in [0.3, 0.4) is 0 Å². The molecule has 1 aliphatic heterocycles. The second-order valence-corrected chi connectivity index (χ2v) is 8.96.